The van der Waals surface area contributed by atoms with Gasteiger partial charge in [0.1, 0.15) is 5.75 Å². The molecule has 0 spiro atoms. The average molecular weight is 331 g/mol. The lowest BCUT2D eigenvalue weighted by Crippen LogP contribution is -2.13. The van der Waals surface area contributed by atoms with Gasteiger partial charge in [0.2, 0.25) is 0 Å². The SMILES string of the molecule is COc1ccc(C(=O)C(C)Sc2ccc(C)cc2[N+](=O)[O-])cc1. The molecule has 0 radical (unpaired) electrons. The lowest BCUT2D eigenvalue weighted by Gasteiger charge is -2.11. The van der Waals surface area contributed by atoms with Crippen LogP contribution in [-0.2, 0) is 0 Å². The van der Waals surface area contributed by atoms with Crippen molar-refractivity contribution < 1.29 is 14.5 Å². The summed E-state index contributed by atoms with van der Waals surface area (Å²) < 4.78 is 5.07. The normalized spacial score (nSPS) is 11.8. The number of nitro benzene ring substituents is 1. The predicted molar refractivity (Wildman–Crippen MR) is 90.5 cm³/mol. The largest absolute Gasteiger partial charge is 0.497 e. The van der Waals surface area contributed by atoms with Crippen LogP contribution in [0, 0.1) is 17.0 Å². The second-order valence-corrected chi connectivity index (χ2v) is 6.46. The molecule has 2 aromatic carbocycles. The number of methoxy groups -OCH3 is 1. The van der Waals surface area contributed by atoms with E-state index < -0.39 is 10.2 Å². The minimum absolute atomic E-state index is 0.0318. The van der Waals surface area contributed by atoms with Gasteiger partial charge in [-0.1, -0.05) is 6.07 Å². The third-order valence-electron chi connectivity index (χ3n) is 3.36. The summed E-state index contributed by atoms with van der Waals surface area (Å²) in [5, 5.41) is 10.7. The van der Waals surface area contributed by atoms with Crippen molar-refractivity contribution in [2.24, 2.45) is 0 Å². The van der Waals surface area contributed by atoms with Crippen LogP contribution in [0.4, 0.5) is 5.69 Å². The van der Waals surface area contributed by atoms with E-state index in [2.05, 4.69) is 0 Å². The summed E-state index contributed by atoms with van der Waals surface area (Å²) in [5.74, 6) is 0.601. The Labute approximate surface area is 138 Å². The van der Waals surface area contributed by atoms with Crippen LogP contribution in [0.3, 0.4) is 0 Å². The molecule has 0 aliphatic carbocycles. The molecule has 0 N–H and O–H groups in total. The van der Waals surface area contributed by atoms with Crippen LogP contribution in [0.5, 0.6) is 5.75 Å². The highest BCUT2D eigenvalue weighted by Gasteiger charge is 2.21. The topological polar surface area (TPSA) is 69.4 Å². The van der Waals surface area contributed by atoms with Gasteiger partial charge in [0.05, 0.1) is 22.2 Å². The Morgan fingerprint density at radius 3 is 2.43 bits per heavy atom. The van der Waals surface area contributed by atoms with Crippen LogP contribution < -0.4 is 4.74 Å². The molecule has 0 saturated carbocycles. The number of hydrogen-bond donors (Lipinski definition) is 0. The lowest BCUT2D eigenvalue weighted by atomic mass is 10.1. The molecule has 0 saturated heterocycles. The average Bonchev–Trinajstić information content (AvgIpc) is 2.55. The summed E-state index contributed by atoms with van der Waals surface area (Å²) in [7, 11) is 1.56. The predicted octanol–water partition coefficient (Wildman–Crippen LogP) is 4.28. The lowest BCUT2D eigenvalue weighted by molar-refractivity contribution is -0.387. The maximum Gasteiger partial charge on any atom is 0.283 e. The Bertz CT molecular complexity index is 728. The van der Waals surface area contributed by atoms with E-state index in [1.54, 1.807) is 57.4 Å². The first-order valence-electron chi connectivity index (χ1n) is 7.02. The van der Waals surface area contributed by atoms with Gasteiger partial charge in [-0.15, -0.1) is 11.8 Å². The fourth-order valence-corrected chi connectivity index (χ4v) is 3.13. The fraction of sp³-hybridized carbons (Fsp3) is 0.235. The fourth-order valence-electron chi connectivity index (χ4n) is 2.10. The van der Waals surface area contributed by atoms with E-state index in [0.29, 0.717) is 16.2 Å². The molecule has 0 amide bonds. The molecule has 0 aromatic heterocycles. The third-order valence-corrected chi connectivity index (χ3v) is 4.53. The van der Waals surface area contributed by atoms with Gasteiger partial charge in [-0.25, -0.2) is 0 Å². The van der Waals surface area contributed by atoms with Gasteiger partial charge in [-0.05, 0) is 49.7 Å². The van der Waals surface area contributed by atoms with Crippen molar-refractivity contribution in [3.63, 3.8) is 0 Å². The van der Waals surface area contributed by atoms with E-state index in [4.69, 9.17) is 4.74 Å². The molecule has 2 rings (SSSR count). The molecule has 0 fully saturated rings. The van der Waals surface area contributed by atoms with E-state index in [9.17, 15) is 14.9 Å². The molecule has 2 aromatic rings. The van der Waals surface area contributed by atoms with Crippen LogP contribution in [-0.4, -0.2) is 23.1 Å². The van der Waals surface area contributed by atoms with Gasteiger partial charge in [0.25, 0.3) is 5.69 Å². The van der Waals surface area contributed by atoms with Gasteiger partial charge in [-0.3, -0.25) is 14.9 Å². The number of carbonyl (C=O) groups excluding carboxylic acids is 1. The number of ether oxygens (including phenoxy) is 1. The van der Waals surface area contributed by atoms with Crippen LogP contribution in [0.25, 0.3) is 0 Å². The molecule has 0 bridgehead atoms. The maximum atomic E-state index is 12.5. The van der Waals surface area contributed by atoms with Crippen LogP contribution in [0.15, 0.2) is 47.4 Å². The van der Waals surface area contributed by atoms with Crippen molar-refractivity contribution in [2.45, 2.75) is 24.0 Å². The van der Waals surface area contributed by atoms with Crippen LogP contribution >= 0.6 is 11.8 Å². The zero-order valence-electron chi connectivity index (χ0n) is 13.1. The second-order valence-electron chi connectivity index (χ2n) is 5.08. The van der Waals surface area contributed by atoms with E-state index in [1.807, 2.05) is 0 Å². The maximum absolute atomic E-state index is 12.5. The summed E-state index contributed by atoms with van der Waals surface area (Å²) in [5.41, 5.74) is 1.40. The van der Waals surface area contributed by atoms with Crippen molar-refractivity contribution >= 4 is 23.2 Å². The highest BCUT2D eigenvalue weighted by molar-refractivity contribution is 8.00. The Kier molecular flexibility index (Phi) is 5.39. The summed E-state index contributed by atoms with van der Waals surface area (Å²) in [4.78, 5) is 23.7. The molecular weight excluding hydrogens is 314 g/mol. The number of aryl methyl sites for hydroxylation is 1. The molecule has 0 heterocycles. The van der Waals surface area contributed by atoms with Gasteiger partial charge < -0.3 is 4.74 Å². The number of Topliss-reactive ketones (excluding diaryl/α,β-unsaturated/α-hetero) is 1. The van der Waals surface area contributed by atoms with Crippen molar-refractivity contribution in [3.8, 4) is 5.75 Å². The Balaban J connectivity index is 2.19. The van der Waals surface area contributed by atoms with E-state index in [-0.39, 0.29) is 11.5 Å². The summed E-state index contributed by atoms with van der Waals surface area (Å²) >= 11 is 1.20. The zero-order chi connectivity index (χ0) is 17.0. The first-order valence-corrected chi connectivity index (χ1v) is 7.90. The molecule has 0 aliphatic heterocycles. The van der Waals surface area contributed by atoms with Crippen LogP contribution in [0.2, 0.25) is 0 Å². The van der Waals surface area contributed by atoms with E-state index in [0.717, 1.165) is 5.56 Å². The highest BCUT2D eigenvalue weighted by Crippen LogP contribution is 2.34. The molecule has 1 unspecified atom stereocenters. The highest BCUT2D eigenvalue weighted by atomic mass is 32.2. The number of thioether (sulfide) groups is 1. The van der Waals surface area contributed by atoms with Gasteiger partial charge in [0, 0.05) is 11.6 Å². The third kappa shape index (κ3) is 4.10. The number of nitro groups is 1. The van der Waals surface area contributed by atoms with E-state index >= 15 is 0 Å². The molecule has 5 nitrogen and oxygen atoms in total. The first kappa shape index (κ1) is 17.0. The summed E-state index contributed by atoms with van der Waals surface area (Å²) in [6, 6.07) is 11.9. The molecular formula is C17H17NO4S. The number of rotatable bonds is 6. The summed E-state index contributed by atoms with van der Waals surface area (Å²) in [6.45, 7) is 3.55. The molecule has 6 heteroatoms. The molecule has 0 aliphatic rings. The first-order chi connectivity index (χ1) is 10.9. The number of ketones is 1. The van der Waals surface area contributed by atoms with E-state index in [1.165, 1.54) is 17.8 Å². The second kappa shape index (κ2) is 7.28. The molecule has 1 atom stereocenters. The zero-order valence-corrected chi connectivity index (χ0v) is 13.9. The Morgan fingerprint density at radius 1 is 1.22 bits per heavy atom. The minimum atomic E-state index is -0.426. The van der Waals surface area contributed by atoms with Gasteiger partial charge in [-0.2, -0.15) is 0 Å². The van der Waals surface area contributed by atoms with Crippen molar-refractivity contribution in [1.29, 1.82) is 0 Å². The van der Waals surface area contributed by atoms with Crippen molar-refractivity contribution in [1.82, 2.24) is 0 Å². The standard InChI is InChI=1S/C17H17NO4S/c1-11-4-9-16(15(10-11)18(20)21)23-12(2)17(19)13-5-7-14(22-3)8-6-13/h4-10,12H,1-3H3. The monoisotopic (exact) mass is 331 g/mol. The minimum Gasteiger partial charge on any atom is -0.497 e. The van der Waals surface area contributed by atoms with Crippen molar-refractivity contribution in [2.75, 3.05) is 7.11 Å². The van der Waals surface area contributed by atoms with Gasteiger partial charge in [0.15, 0.2) is 5.78 Å². The smallest absolute Gasteiger partial charge is 0.283 e. The number of carbonyl (C=O) groups is 1. The molecule has 120 valence electrons. The van der Waals surface area contributed by atoms with Gasteiger partial charge >= 0.3 is 0 Å². The summed E-state index contributed by atoms with van der Waals surface area (Å²) in [6.07, 6.45) is 0. The number of hydrogen-bond acceptors (Lipinski definition) is 5. The van der Waals surface area contributed by atoms with Crippen LogP contribution in [0.1, 0.15) is 22.8 Å². The Hall–Kier alpha value is -2.34. The number of nitrogens with zero attached hydrogens (tertiary/aromatic N) is 1. The Morgan fingerprint density at radius 2 is 1.87 bits per heavy atom. The quantitative estimate of drug-likeness (QED) is 0.342. The number of benzene rings is 2. The molecule has 23 heavy (non-hydrogen) atoms. The van der Waals surface area contributed by atoms with Crippen molar-refractivity contribution in [3.05, 3.63) is 63.7 Å².